The molecule has 0 bridgehead atoms. The summed E-state index contributed by atoms with van der Waals surface area (Å²) in [5, 5.41) is 10.6. The third kappa shape index (κ3) is 3.23. The monoisotopic (exact) mass is 282 g/mol. The van der Waals surface area contributed by atoms with Gasteiger partial charge in [0, 0.05) is 12.1 Å². The van der Waals surface area contributed by atoms with Crippen LogP contribution in [0.2, 0.25) is 0 Å². The van der Waals surface area contributed by atoms with Crippen LogP contribution >= 0.6 is 0 Å². The summed E-state index contributed by atoms with van der Waals surface area (Å²) in [6, 6.07) is 3.54. The highest BCUT2D eigenvalue weighted by Gasteiger charge is 2.32. The summed E-state index contributed by atoms with van der Waals surface area (Å²) in [5.74, 6) is -1.13. The van der Waals surface area contributed by atoms with Crippen LogP contribution in [-0.4, -0.2) is 30.1 Å². The predicted octanol–water partition coefficient (Wildman–Crippen LogP) is 2.27. The molecule has 1 aliphatic rings. The molecular formula is C13H15FN2O4. The SMILES string of the molecule is CCOC(=O)CN(c1ccc([N+](=O)[O-])cc1F)C1CC1. The molecule has 0 amide bonds. The van der Waals surface area contributed by atoms with Crippen molar-refractivity contribution in [3.05, 3.63) is 34.1 Å². The van der Waals surface area contributed by atoms with Crippen LogP contribution in [0.1, 0.15) is 19.8 Å². The molecule has 0 spiro atoms. The fourth-order valence-electron chi connectivity index (χ4n) is 1.99. The second kappa shape index (κ2) is 5.85. The lowest BCUT2D eigenvalue weighted by atomic mass is 10.2. The summed E-state index contributed by atoms with van der Waals surface area (Å²) < 4.78 is 18.8. The Kier molecular flexibility index (Phi) is 4.16. The van der Waals surface area contributed by atoms with E-state index in [2.05, 4.69) is 0 Å². The number of nitro groups is 1. The number of carbonyl (C=O) groups excluding carboxylic acids is 1. The molecule has 7 heteroatoms. The van der Waals surface area contributed by atoms with Crippen molar-refractivity contribution in [3.63, 3.8) is 0 Å². The van der Waals surface area contributed by atoms with Crippen molar-refractivity contribution < 1.29 is 18.8 Å². The molecule has 0 aromatic heterocycles. The van der Waals surface area contributed by atoms with Crippen molar-refractivity contribution in [3.8, 4) is 0 Å². The van der Waals surface area contributed by atoms with Crippen LogP contribution in [0.5, 0.6) is 0 Å². The first-order chi connectivity index (χ1) is 9.52. The van der Waals surface area contributed by atoms with Crippen LogP contribution in [0.15, 0.2) is 18.2 Å². The lowest BCUT2D eigenvalue weighted by Crippen LogP contribution is -2.33. The van der Waals surface area contributed by atoms with Gasteiger partial charge in [-0.2, -0.15) is 0 Å². The summed E-state index contributed by atoms with van der Waals surface area (Å²) in [5.41, 5.74) is -0.107. The number of nitro benzene ring substituents is 1. The van der Waals surface area contributed by atoms with Crippen LogP contribution in [0, 0.1) is 15.9 Å². The molecule has 1 aromatic rings. The number of ether oxygens (including phenoxy) is 1. The van der Waals surface area contributed by atoms with Gasteiger partial charge < -0.3 is 9.64 Å². The van der Waals surface area contributed by atoms with Crippen molar-refractivity contribution in [2.75, 3.05) is 18.1 Å². The van der Waals surface area contributed by atoms with Crippen LogP contribution in [0.25, 0.3) is 0 Å². The molecule has 0 aliphatic heterocycles. The summed E-state index contributed by atoms with van der Waals surface area (Å²) in [6.45, 7) is 1.92. The zero-order chi connectivity index (χ0) is 14.7. The Balaban J connectivity index is 2.21. The van der Waals surface area contributed by atoms with Crippen molar-refractivity contribution in [1.29, 1.82) is 0 Å². The molecule has 6 nitrogen and oxygen atoms in total. The van der Waals surface area contributed by atoms with Crippen LogP contribution in [0.3, 0.4) is 0 Å². The molecule has 0 N–H and O–H groups in total. The minimum atomic E-state index is -0.699. The van der Waals surface area contributed by atoms with Gasteiger partial charge in [-0.15, -0.1) is 0 Å². The zero-order valence-corrected chi connectivity index (χ0v) is 11.0. The summed E-state index contributed by atoms with van der Waals surface area (Å²) in [4.78, 5) is 23.1. The first-order valence-corrected chi connectivity index (χ1v) is 6.39. The molecular weight excluding hydrogens is 267 g/mol. The molecule has 0 unspecified atom stereocenters. The van der Waals surface area contributed by atoms with Crippen molar-refractivity contribution in [2.24, 2.45) is 0 Å². The van der Waals surface area contributed by atoms with Crippen molar-refractivity contribution in [1.82, 2.24) is 0 Å². The number of carbonyl (C=O) groups is 1. The first-order valence-electron chi connectivity index (χ1n) is 6.39. The molecule has 0 saturated heterocycles. The minimum Gasteiger partial charge on any atom is -0.465 e. The van der Waals surface area contributed by atoms with E-state index in [1.165, 1.54) is 12.1 Å². The number of halogens is 1. The van der Waals surface area contributed by atoms with Crippen LogP contribution in [0.4, 0.5) is 15.8 Å². The number of hydrogen-bond acceptors (Lipinski definition) is 5. The Morgan fingerprint density at radius 2 is 2.25 bits per heavy atom. The molecule has 0 radical (unpaired) electrons. The van der Waals surface area contributed by atoms with E-state index in [0.717, 1.165) is 18.9 Å². The standard InChI is InChI=1S/C13H15FN2O4/c1-2-20-13(17)8-15(9-3-4-9)12-6-5-10(16(18)19)7-11(12)14/h5-7,9H,2-4,8H2,1H3. The largest absolute Gasteiger partial charge is 0.465 e. The van der Waals surface area contributed by atoms with E-state index in [1.54, 1.807) is 11.8 Å². The number of benzene rings is 1. The molecule has 1 aliphatic carbocycles. The maximum absolute atomic E-state index is 14.0. The van der Waals surface area contributed by atoms with Crippen molar-refractivity contribution >= 4 is 17.3 Å². The van der Waals surface area contributed by atoms with Gasteiger partial charge >= 0.3 is 5.97 Å². The Morgan fingerprint density at radius 3 is 2.75 bits per heavy atom. The Hall–Kier alpha value is -2.18. The average molecular weight is 282 g/mol. The molecule has 1 saturated carbocycles. The predicted molar refractivity (Wildman–Crippen MR) is 70.1 cm³/mol. The Bertz CT molecular complexity index is 531. The van der Waals surface area contributed by atoms with Gasteiger partial charge in [0.1, 0.15) is 6.54 Å². The molecule has 2 rings (SSSR count). The molecule has 108 valence electrons. The van der Waals surface area contributed by atoms with E-state index >= 15 is 0 Å². The van der Waals surface area contributed by atoms with E-state index in [4.69, 9.17) is 4.74 Å². The van der Waals surface area contributed by atoms with Gasteiger partial charge in [0.15, 0.2) is 5.82 Å². The maximum atomic E-state index is 14.0. The third-order valence-corrected chi connectivity index (χ3v) is 3.04. The Labute approximate surface area is 115 Å². The highest BCUT2D eigenvalue weighted by atomic mass is 19.1. The van der Waals surface area contributed by atoms with Crippen molar-refractivity contribution in [2.45, 2.75) is 25.8 Å². The zero-order valence-electron chi connectivity index (χ0n) is 11.0. The summed E-state index contributed by atoms with van der Waals surface area (Å²) in [6.07, 6.45) is 1.74. The number of nitrogens with zero attached hydrogens (tertiary/aromatic N) is 2. The second-order valence-corrected chi connectivity index (χ2v) is 4.56. The quantitative estimate of drug-likeness (QED) is 0.454. The Morgan fingerprint density at radius 1 is 1.55 bits per heavy atom. The van der Waals surface area contributed by atoms with Crippen LogP contribution in [-0.2, 0) is 9.53 Å². The molecule has 1 fully saturated rings. The first kappa shape index (κ1) is 14.2. The smallest absolute Gasteiger partial charge is 0.325 e. The topological polar surface area (TPSA) is 72.7 Å². The van der Waals surface area contributed by atoms with Gasteiger partial charge in [-0.25, -0.2) is 4.39 Å². The van der Waals surface area contributed by atoms with Gasteiger partial charge in [0.2, 0.25) is 0 Å². The third-order valence-electron chi connectivity index (χ3n) is 3.04. The van der Waals surface area contributed by atoms with E-state index < -0.39 is 16.7 Å². The fraction of sp³-hybridized carbons (Fsp3) is 0.462. The molecule has 0 atom stereocenters. The molecule has 20 heavy (non-hydrogen) atoms. The number of anilines is 1. The highest BCUT2D eigenvalue weighted by Crippen LogP contribution is 2.34. The summed E-state index contributed by atoms with van der Waals surface area (Å²) >= 11 is 0. The average Bonchev–Trinajstić information content (AvgIpc) is 3.20. The number of hydrogen-bond donors (Lipinski definition) is 0. The number of non-ortho nitro benzene ring substituents is 1. The van der Waals surface area contributed by atoms with Gasteiger partial charge in [0.25, 0.3) is 5.69 Å². The van der Waals surface area contributed by atoms with Gasteiger partial charge in [-0.3, -0.25) is 14.9 Å². The summed E-state index contributed by atoms with van der Waals surface area (Å²) in [7, 11) is 0. The van der Waals surface area contributed by atoms with E-state index in [0.29, 0.717) is 0 Å². The maximum Gasteiger partial charge on any atom is 0.325 e. The fourth-order valence-corrected chi connectivity index (χ4v) is 1.99. The van der Waals surface area contributed by atoms with E-state index in [1.807, 2.05) is 0 Å². The normalized spacial score (nSPS) is 13.9. The van der Waals surface area contributed by atoms with Crippen LogP contribution < -0.4 is 4.90 Å². The van der Waals surface area contributed by atoms with Gasteiger partial charge in [-0.05, 0) is 25.8 Å². The molecule has 1 aromatic carbocycles. The lowest BCUT2D eigenvalue weighted by Gasteiger charge is -2.23. The number of esters is 1. The number of rotatable bonds is 6. The van der Waals surface area contributed by atoms with Gasteiger partial charge in [0.05, 0.1) is 23.3 Å². The molecule has 0 heterocycles. The minimum absolute atomic E-state index is 0.0484. The van der Waals surface area contributed by atoms with E-state index in [9.17, 15) is 19.3 Å². The lowest BCUT2D eigenvalue weighted by molar-refractivity contribution is -0.385. The highest BCUT2D eigenvalue weighted by molar-refractivity contribution is 5.76. The van der Waals surface area contributed by atoms with Gasteiger partial charge in [-0.1, -0.05) is 0 Å². The second-order valence-electron chi connectivity index (χ2n) is 4.56. The van der Waals surface area contributed by atoms with E-state index in [-0.39, 0.29) is 30.6 Å².